The van der Waals surface area contributed by atoms with E-state index in [1.165, 1.54) is 5.56 Å². The van der Waals surface area contributed by atoms with Crippen LogP contribution in [0.25, 0.3) is 22.4 Å². The van der Waals surface area contributed by atoms with Crippen molar-refractivity contribution < 1.29 is 18.3 Å². The first-order valence-corrected chi connectivity index (χ1v) is 9.82. The summed E-state index contributed by atoms with van der Waals surface area (Å²) in [5.74, 6) is 2.07. The Hall–Kier alpha value is -2.09. The lowest BCUT2D eigenvalue weighted by Gasteiger charge is -2.23. The number of rotatable bonds is 6. The van der Waals surface area contributed by atoms with E-state index in [2.05, 4.69) is 16.4 Å². The highest BCUT2D eigenvalue weighted by Gasteiger charge is 2.20. The predicted molar refractivity (Wildman–Crippen MR) is 124 cm³/mol. The maximum atomic E-state index is 13.4. The number of fused-ring (bicyclic) bond motifs is 1. The fourth-order valence-corrected chi connectivity index (χ4v) is 4.07. The van der Waals surface area contributed by atoms with Crippen molar-refractivity contribution in [3.05, 3.63) is 42.0 Å². The molecule has 0 amide bonds. The largest absolute Gasteiger partial charge is 0.493 e. The van der Waals surface area contributed by atoms with Crippen molar-refractivity contribution in [1.29, 1.82) is 0 Å². The van der Waals surface area contributed by atoms with E-state index in [9.17, 15) is 8.78 Å². The van der Waals surface area contributed by atoms with Gasteiger partial charge in [0.2, 0.25) is 0 Å². The number of methoxy groups -OCH3 is 2. The Morgan fingerprint density at radius 2 is 1.74 bits per heavy atom. The second-order valence-electron chi connectivity index (χ2n) is 7.28. The van der Waals surface area contributed by atoms with Gasteiger partial charge >= 0.3 is 0 Å². The zero-order chi connectivity index (χ0) is 20.4. The van der Waals surface area contributed by atoms with E-state index in [1.54, 1.807) is 30.9 Å². The van der Waals surface area contributed by atoms with Crippen LogP contribution in [-0.4, -0.2) is 43.3 Å². The number of ether oxygens (including phenoxy) is 2. The summed E-state index contributed by atoms with van der Waals surface area (Å²) in [5, 5.41) is 3.37. The van der Waals surface area contributed by atoms with Gasteiger partial charge in [0.15, 0.2) is 11.5 Å². The third-order valence-corrected chi connectivity index (χ3v) is 5.55. The van der Waals surface area contributed by atoms with Crippen LogP contribution in [0.15, 0.2) is 36.4 Å². The zero-order valence-corrected chi connectivity index (χ0v) is 19.1. The van der Waals surface area contributed by atoms with Crippen LogP contribution < -0.4 is 14.8 Å². The second kappa shape index (κ2) is 11.0. The SMILES string of the molecule is COc1ccc(-c2nc3ccc(C4CCNCC4)cc3n2CC(F)F)cc1OC.Cl.Cl. The van der Waals surface area contributed by atoms with Gasteiger partial charge in [-0.25, -0.2) is 13.8 Å². The van der Waals surface area contributed by atoms with E-state index < -0.39 is 13.0 Å². The lowest BCUT2D eigenvalue weighted by Crippen LogP contribution is -2.26. The fourth-order valence-electron chi connectivity index (χ4n) is 4.07. The molecule has 0 radical (unpaired) electrons. The van der Waals surface area contributed by atoms with E-state index in [1.807, 2.05) is 18.2 Å². The predicted octanol–water partition coefficient (Wildman–Crippen LogP) is 5.30. The molecule has 1 fully saturated rings. The molecule has 4 rings (SSSR count). The van der Waals surface area contributed by atoms with Gasteiger partial charge < -0.3 is 19.4 Å². The van der Waals surface area contributed by atoms with Crippen LogP contribution in [-0.2, 0) is 6.54 Å². The summed E-state index contributed by atoms with van der Waals surface area (Å²) in [6, 6.07) is 11.4. The molecule has 0 spiro atoms. The number of hydrogen-bond acceptors (Lipinski definition) is 4. The number of alkyl halides is 2. The maximum absolute atomic E-state index is 13.4. The highest BCUT2D eigenvalue weighted by Crippen LogP contribution is 2.35. The molecule has 170 valence electrons. The summed E-state index contributed by atoms with van der Waals surface area (Å²) in [4.78, 5) is 4.67. The summed E-state index contributed by atoms with van der Waals surface area (Å²) in [6.07, 6.45) is -0.373. The molecule has 1 aliphatic rings. The van der Waals surface area contributed by atoms with Crippen LogP contribution in [0.1, 0.15) is 24.3 Å². The van der Waals surface area contributed by atoms with Crippen LogP contribution in [0.5, 0.6) is 11.5 Å². The molecule has 31 heavy (non-hydrogen) atoms. The van der Waals surface area contributed by atoms with Gasteiger partial charge in [-0.15, -0.1) is 24.8 Å². The van der Waals surface area contributed by atoms with Crippen LogP contribution >= 0.6 is 24.8 Å². The normalized spacial score (nSPS) is 14.2. The molecular weight excluding hydrogens is 447 g/mol. The molecule has 1 aliphatic heterocycles. The average Bonchev–Trinajstić information content (AvgIpc) is 3.11. The quantitative estimate of drug-likeness (QED) is 0.527. The Labute approximate surface area is 193 Å². The van der Waals surface area contributed by atoms with Gasteiger partial charge in [0.1, 0.15) is 5.82 Å². The maximum Gasteiger partial charge on any atom is 0.256 e. The van der Waals surface area contributed by atoms with E-state index in [0.29, 0.717) is 34.3 Å². The van der Waals surface area contributed by atoms with Gasteiger partial charge in [0.25, 0.3) is 6.43 Å². The van der Waals surface area contributed by atoms with Gasteiger partial charge in [-0.2, -0.15) is 0 Å². The van der Waals surface area contributed by atoms with Gasteiger partial charge in [-0.05, 0) is 67.7 Å². The number of aromatic nitrogens is 2. The molecule has 5 nitrogen and oxygen atoms in total. The van der Waals surface area contributed by atoms with Crippen molar-refractivity contribution in [1.82, 2.24) is 14.9 Å². The molecule has 0 atom stereocenters. The van der Waals surface area contributed by atoms with Gasteiger partial charge in [-0.1, -0.05) is 6.07 Å². The van der Waals surface area contributed by atoms with Crippen molar-refractivity contribution in [2.24, 2.45) is 0 Å². The summed E-state index contributed by atoms with van der Waals surface area (Å²) in [7, 11) is 3.11. The minimum Gasteiger partial charge on any atom is -0.493 e. The molecule has 0 aliphatic carbocycles. The number of benzene rings is 2. The molecule has 1 aromatic heterocycles. The Morgan fingerprint density at radius 3 is 2.39 bits per heavy atom. The monoisotopic (exact) mass is 473 g/mol. The van der Waals surface area contributed by atoms with Crippen molar-refractivity contribution in [2.45, 2.75) is 31.7 Å². The summed E-state index contributed by atoms with van der Waals surface area (Å²) < 4.78 is 39.2. The molecule has 9 heteroatoms. The van der Waals surface area contributed by atoms with E-state index in [0.717, 1.165) is 31.4 Å². The highest BCUT2D eigenvalue weighted by atomic mass is 35.5. The van der Waals surface area contributed by atoms with Crippen molar-refractivity contribution in [3.63, 3.8) is 0 Å². The smallest absolute Gasteiger partial charge is 0.256 e. The highest BCUT2D eigenvalue weighted by molar-refractivity contribution is 5.85. The first-order valence-electron chi connectivity index (χ1n) is 9.82. The van der Waals surface area contributed by atoms with Crippen molar-refractivity contribution in [2.75, 3.05) is 27.3 Å². The fraction of sp³-hybridized carbons (Fsp3) is 0.409. The van der Waals surface area contributed by atoms with Crippen LogP contribution in [0.2, 0.25) is 0 Å². The van der Waals surface area contributed by atoms with Crippen molar-refractivity contribution >= 4 is 35.8 Å². The molecule has 3 aromatic rings. The van der Waals surface area contributed by atoms with Gasteiger partial charge in [-0.3, -0.25) is 0 Å². The van der Waals surface area contributed by atoms with E-state index >= 15 is 0 Å². The van der Waals surface area contributed by atoms with Gasteiger partial charge in [0, 0.05) is 5.56 Å². The summed E-state index contributed by atoms with van der Waals surface area (Å²) >= 11 is 0. The van der Waals surface area contributed by atoms with Crippen LogP contribution in [0, 0.1) is 0 Å². The summed E-state index contributed by atoms with van der Waals surface area (Å²) in [5.41, 5.74) is 3.36. The molecular formula is C22H27Cl2F2N3O2. The number of nitrogens with zero attached hydrogens (tertiary/aromatic N) is 2. The number of nitrogens with one attached hydrogen (secondary N) is 1. The minimum absolute atomic E-state index is 0. The Balaban J connectivity index is 0.00000171. The minimum atomic E-state index is -2.48. The molecule has 0 bridgehead atoms. The standard InChI is InChI=1S/C22H25F2N3O2.2ClH/c1-28-19-6-4-16(12-20(19)29-2)22-26-17-5-3-15(14-7-9-25-10-8-14)11-18(17)27(22)13-21(23)24;;/h3-6,11-12,14,21,25H,7-10,13H2,1-2H3;2*1H. The van der Waals surface area contributed by atoms with Crippen LogP contribution in [0.3, 0.4) is 0 Å². The van der Waals surface area contributed by atoms with E-state index in [4.69, 9.17) is 9.47 Å². The lowest BCUT2D eigenvalue weighted by atomic mass is 9.90. The van der Waals surface area contributed by atoms with Crippen LogP contribution in [0.4, 0.5) is 8.78 Å². The molecule has 1 saturated heterocycles. The third-order valence-electron chi connectivity index (χ3n) is 5.55. The topological polar surface area (TPSA) is 48.3 Å². The average molecular weight is 474 g/mol. The lowest BCUT2D eigenvalue weighted by molar-refractivity contribution is 0.128. The Kier molecular flexibility index (Phi) is 8.91. The second-order valence-corrected chi connectivity index (χ2v) is 7.28. The molecule has 2 heterocycles. The Bertz CT molecular complexity index is 1010. The Morgan fingerprint density at radius 1 is 1.03 bits per heavy atom. The molecule has 0 unspecified atom stereocenters. The van der Waals surface area contributed by atoms with Gasteiger partial charge in [0.05, 0.1) is 31.8 Å². The molecule has 0 saturated carbocycles. The number of imidazole rings is 1. The third kappa shape index (κ3) is 5.22. The first-order chi connectivity index (χ1) is 14.1. The van der Waals surface area contributed by atoms with E-state index in [-0.39, 0.29) is 24.8 Å². The number of hydrogen-bond donors (Lipinski definition) is 1. The number of halogens is 4. The summed E-state index contributed by atoms with van der Waals surface area (Å²) in [6.45, 7) is 1.56. The zero-order valence-electron chi connectivity index (χ0n) is 17.4. The number of piperidine rings is 1. The molecule has 2 aromatic carbocycles. The first kappa shape index (κ1) is 25.2. The molecule has 1 N–H and O–H groups in total. The van der Waals surface area contributed by atoms with Crippen molar-refractivity contribution in [3.8, 4) is 22.9 Å².